The molecular formula is C18H17N5O3. The highest BCUT2D eigenvalue weighted by Crippen LogP contribution is 2.19. The van der Waals surface area contributed by atoms with Crippen molar-refractivity contribution in [3.63, 3.8) is 0 Å². The summed E-state index contributed by atoms with van der Waals surface area (Å²) in [4.78, 5) is 16.3. The van der Waals surface area contributed by atoms with Gasteiger partial charge in [-0.3, -0.25) is 0 Å². The molecule has 0 saturated heterocycles. The third kappa shape index (κ3) is 3.63. The molecule has 0 aliphatic heterocycles. The number of nitrogens with one attached hydrogen (secondary N) is 1. The lowest BCUT2D eigenvalue weighted by Crippen LogP contribution is -2.36. The van der Waals surface area contributed by atoms with Gasteiger partial charge in [0, 0.05) is 6.20 Å². The number of amides is 1. The van der Waals surface area contributed by atoms with Gasteiger partial charge in [0.05, 0.1) is 18.0 Å². The fourth-order valence-corrected chi connectivity index (χ4v) is 2.56. The molecule has 0 aliphatic carbocycles. The Morgan fingerprint density at radius 2 is 2.15 bits per heavy atom. The van der Waals surface area contributed by atoms with Crippen molar-refractivity contribution in [2.24, 2.45) is 0 Å². The van der Waals surface area contributed by atoms with Gasteiger partial charge in [0.15, 0.2) is 5.65 Å². The Balaban J connectivity index is 1.79. The number of hydrogen-bond donors (Lipinski definition) is 2. The molecular weight excluding hydrogens is 334 g/mol. The van der Waals surface area contributed by atoms with Crippen LogP contribution in [0.3, 0.4) is 0 Å². The quantitative estimate of drug-likeness (QED) is 0.726. The van der Waals surface area contributed by atoms with Crippen LogP contribution in [0.25, 0.3) is 5.65 Å². The third-order valence-corrected chi connectivity index (χ3v) is 3.84. The first-order valence-electron chi connectivity index (χ1n) is 7.98. The number of aliphatic hydroxyl groups is 1. The molecule has 3 rings (SSSR count). The molecule has 26 heavy (non-hydrogen) atoms. The van der Waals surface area contributed by atoms with Crippen molar-refractivity contribution in [2.45, 2.75) is 25.7 Å². The predicted octanol–water partition coefficient (Wildman–Crippen LogP) is 1.95. The van der Waals surface area contributed by atoms with Gasteiger partial charge in [-0.2, -0.15) is 10.4 Å². The first kappa shape index (κ1) is 17.4. The van der Waals surface area contributed by atoms with Gasteiger partial charge < -0.3 is 15.2 Å². The van der Waals surface area contributed by atoms with Crippen molar-refractivity contribution >= 4 is 11.7 Å². The van der Waals surface area contributed by atoms with E-state index in [9.17, 15) is 9.90 Å². The molecule has 0 bridgehead atoms. The Kier molecular flexibility index (Phi) is 5.10. The number of rotatable bonds is 5. The van der Waals surface area contributed by atoms with Crippen LogP contribution in [0.2, 0.25) is 0 Å². The molecule has 0 unspecified atom stereocenters. The zero-order chi connectivity index (χ0) is 18.5. The van der Waals surface area contributed by atoms with Gasteiger partial charge in [-0.15, -0.1) is 0 Å². The van der Waals surface area contributed by atoms with E-state index < -0.39 is 18.2 Å². The molecule has 0 fully saturated rings. The Labute approximate surface area is 149 Å². The second-order valence-corrected chi connectivity index (χ2v) is 5.70. The van der Waals surface area contributed by atoms with Crippen LogP contribution < -0.4 is 5.32 Å². The minimum Gasteiger partial charge on any atom is -0.445 e. The average Bonchev–Trinajstić information content (AvgIpc) is 3.08. The summed E-state index contributed by atoms with van der Waals surface area (Å²) in [6, 6.07) is 12.1. The van der Waals surface area contributed by atoms with E-state index in [1.54, 1.807) is 13.0 Å². The number of aliphatic hydroxyl groups excluding tert-OH is 1. The van der Waals surface area contributed by atoms with E-state index in [0.29, 0.717) is 16.9 Å². The molecule has 1 aromatic carbocycles. The Morgan fingerprint density at radius 3 is 2.85 bits per heavy atom. The number of fused-ring (bicyclic) bond motifs is 1. The number of carbonyl (C=O) groups excluding carboxylic acids is 1. The van der Waals surface area contributed by atoms with Crippen LogP contribution in [-0.4, -0.2) is 31.9 Å². The van der Waals surface area contributed by atoms with Crippen LogP contribution in [-0.2, 0) is 11.3 Å². The smallest absolute Gasteiger partial charge is 0.408 e. The van der Waals surface area contributed by atoms with Crippen molar-refractivity contribution in [2.75, 3.05) is 0 Å². The molecule has 8 heteroatoms. The van der Waals surface area contributed by atoms with Gasteiger partial charge in [-0.1, -0.05) is 30.3 Å². The Morgan fingerprint density at radius 1 is 1.38 bits per heavy atom. The number of nitriles is 1. The van der Waals surface area contributed by atoms with Crippen LogP contribution in [0.5, 0.6) is 0 Å². The summed E-state index contributed by atoms with van der Waals surface area (Å²) in [5, 5.41) is 26.0. The Bertz CT molecular complexity index is 946. The van der Waals surface area contributed by atoms with E-state index >= 15 is 0 Å². The predicted molar refractivity (Wildman–Crippen MR) is 91.9 cm³/mol. The van der Waals surface area contributed by atoms with E-state index in [1.165, 1.54) is 16.9 Å². The fraction of sp³-hybridized carbons (Fsp3) is 0.222. The first-order valence-corrected chi connectivity index (χ1v) is 7.98. The fourth-order valence-electron chi connectivity index (χ4n) is 2.56. The third-order valence-electron chi connectivity index (χ3n) is 3.84. The van der Waals surface area contributed by atoms with Crippen molar-refractivity contribution in [3.05, 3.63) is 65.6 Å². The van der Waals surface area contributed by atoms with Gasteiger partial charge >= 0.3 is 6.09 Å². The molecule has 132 valence electrons. The molecule has 0 aliphatic rings. The highest BCUT2D eigenvalue weighted by atomic mass is 16.5. The van der Waals surface area contributed by atoms with E-state index in [2.05, 4.69) is 15.4 Å². The maximum absolute atomic E-state index is 12.2. The average molecular weight is 351 g/mol. The van der Waals surface area contributed by atoms with Crippen LogP contribution >= 0.6 is 0 Å². The number of hydrogen-bond acceptors (Lipinski definition) is 6. The number of carbonyl (C=O) groups is 1. The number of nitrogens with zero attached hydrogens (tertiary/aromatic N) is 4. The summed E-state index contributed by atoms with van der Waals surface area (Å²) in [5.41, 5.74) is 2.01. The summed E-state index contributed by atoms with van der Waals surface area (Å²) in [6.07, 6.45) is 1.30. The zero-order valence-electron chi connectivity index (χ0n) is 14.0. The summed E-state index contributed by atoms with van der Waals surface area (Å²) < 4.78 is 6.63. The second kappa shape index (κ2) is 7.63. The second-order valence-electron chi connectivity index (χ2n) is 5.70. The lowest BCUT2D eigenvalue weighted by atomic mass is 10.1. The summed E-state index contributed by atoms with van der Waals surface area (Å²) in [5.74, 6) is 0. The topological polar surface area (TPSA) is 113 Å². The highest BCUT2D eigenvalue weighted by Gasteiger charge is 2.24. The van der Waals surface area contributed by atoms with Crippen molar-refractivity contribution in [1.82, 2.24) is 19.9 Å². The minimum absolute atomic E-state index is 0.116. The number of benzene rings is 1. The number of alkyl carbamates (subject to hydrolysis) is 1. The number of ether oxygens (including phenoxy) is 1. The van der Waals surface area contributed by atoms with Gasteiger partial charge in [-0.25, -0.2) is 14.3 Å². The maximum Gasteiger partial charge on any atom is 0.408 e. The standard InChI is InChI=1S/C18H17N5O3/c1-12(24)16(22-18(25)26-11-13-5-3-2-4-6-13)15-7-8-20-17-14(9-19)10-21-23(15)17/h2-8,10,12,16,24H,11H2,1H3,(H,22,25)/t12-,16+/m1/s1. The molecule has 0 spiro atoms. The van der Waals surface area contributed by atoms with Crippen LogP contribution in [0.4, 0.5) is 4.79 Å². The minimum atomic E-state index is -0.917. The van der Waals surface area contributed by atoms with E-state index in [1.807, 2.05) is 36.4 Å². The van der Waals surface area contributed by atoms with E-state index in [4.69, 9.17) is 10.00 Å². The van der Waals surface area contributed by atoms with Gasteiger partial charge in [0.2, 0.25) is 0 Å². The normalized spacial score (nSPS) is 13.0. The maximum atomic E-state index is 12.2. The van der Waals surface area contributed by atoms with E-state index in [0.717, 1.165) is 5.56 Å². The Hall–Kier alpha value is -3.44. The zero-order valence-corrected chi connectivity index (χ0v) is 14.0. The van der Waals surface area contributed by atoms with Crippen LogP contribution in [0.15, 0.2) is 48.8 Å². The first-order chi connectivity index (χ1) is 12.6. The molecule has 2 atom stereocenters. The summed E-state index contributed by atoms with van der Waals surface area (Å²) in [7, 11) is 0. The van der Waals surface area contributed by atoms with E-state index in [-0.39, 0.29) is 6.61 Å². The molecule has 1 amide bonds. The van der Waals surface area contributed by atoms with Crippen LogP contribution in [0, 0.1) is 11.3 Å². The lowest BCUT2D eigenvalue weighted by Gasteiger charge is -2.22. The molecule has 0 radical (unpaired) electrons. The molecule has 2 heterocycles. The van der Waals surface area contributed by atoms with Crippen molar-refractivity contribution in [3.8, 4) is 6.07 Å². The largest absolute Gasteiger partial charge is 0.445 e. The summed E-state index contributed by atoms with van der Waals surface area (Å²) in [6.45, 7) is 1.66. The van der Waals surface area contributed by atoms with Gasteiger partial charge in [0.25, 0.3) is 0 Å². The highest BCUT2D eigenvalue weighted by molar-refractivity contribution is 5.68. The molecule has 8 nitrogen and oxygen atoms in total. The van der Waals surface area contributed by atoms with Crippen LogP contribution in [0.1, 0.15) is 29.8 Å². The summed E-state index contributed by atoms with van der Waals surface area (Å²) >= 11 is 0. The van der Waals surface area contributed by atoms with Gasteiger partial charge in [0.1, 0.15) is 24.3 Å². The molecule has 0 saturated carbocycles. The van der Waals surface area contributed by atoms with Gasteiger partial charge in [-0.05, 0) is 18.6 Å². The SMILES string of the molecule is C[C@@H](O)[C@H](NC(=O)OCc1ccccc1)c1ccnc2c(C#N)cnn12. The lowest BCUT2D eigenvalue weighted by molar-refractivity contribution is 0.108. The molecule has 2 N–H and O–H groups in total. The molecule has 2 aromatic heterocycles. The van der Waals surface area contributed by atoms with Crippen molar-refractivity contribution < 1.29 is 14.6 Å². The molecule has 3 aromatic rings. The van der Waals surface area contributed by atoms with Crippen molar-refractivity contribution in [1.29, 1.82) is 5.26 Å². The monoisotopic (exact) mass is 351 g/mol. The number of aromatic nitrogens is 3.